The standard InChI is InChI=1S/C14H19N/c1-2-12-13-9-15(10-14(12)13)8-11-6-4-3-5-7-11/h3-7,12-14H,2,8-10H2,1H3/t12?,13-,14+. The molecule has 0 aromatic heterocycles. The zero-order chi connectivity index (χ0) is 10.3. The lowest BCUT2D eigenvalue weighted by Crippen LogP contribution is -2.23. The van der Waals surface area contributed by atoms with Crippen LogP contribution in [-0.4, -0.2) is 18.0 Å². The number of hydrogen-bond acceptors (Lipinski definition) is 1. The topological polar surface area (TPSA) is 3.24 Å². The van der Waals surface area contributed by atoms with Crippen LogP contribution in [-0.2, 0) is 6.54 Å². The Morgan fingerprint density at radius 3 is 2.40 bits per heavy atom. The predicted molar refractivity (Wildman–Crippen MR) is 62.5 cm³/mol. The van der Waals surface area contributed by atoms with Crippen molar-refractivity contribution in [3.8, 4) is 0 Å². The minimum absolute atomic E-state index is 1.04. The van der Waals surface area contributed by atoms with Crippen LogP contribution in [0.4, 0.5) is 0 Å². The molecule has 1 heteroatoms. The Kier molecular flexibility index (Phi) is 2.28. The van der Waals surface area contributed by atoms with E-state index in [4.69, 9.17) is 0 Å². The van der Waals surface area contributed by atoms with Crippen molar-refractivity contribution in [1.29, 1.82) is 0 Å². The molecule has 80 valence electrons. The fourth-order valence-electron chi connectivity index (χ4n) is 3.31. The first-order valence-electron chi connectivity index (χ1n) is 6.14. The van der Waals surface area contributed by atoms with Crippen LogP contribution in [0.15, 0.2) is 30.3 Å². The number of piperidine rings is 1. The molecule has 15 heavy (non-hydrogen) atoms. The van der Waals surface area contributed by atoms with Crippen LogP contribution in [0.1, 0.15) is 18.9 Å². The van der Waals surface area contributed by atoms with Crippen molar-refractivity contribution in [2.24, 2.45) is 17.8 Å². The summed E-state index contributed by atoms with van der Waals surface area (Å²) in [5.74, 6) is 3.15. The molecule has 0 bridgehead atoms. The van der Waals surface area contributed by atoms with Gasteiger partial charge in [-0.15, -0.1) is 0 Å². The largest absolute Gasteiger partial charge is 0.298 e. The fourth-order valence-corrected chi connectivity index (χ4v) is 3.31. The second-order valence-electron chi connectivity index (χ2n) is 5.08. The van der Waals surface area contributed by atoms with Crippen molar-refractivity contribution in [3.63, 3.8) is 0 Å². The van der Waals surface area contributed by atoms with Crippen molar-refractivity contribution in [3.05, 3.63) is 35.9 Å². The molecule has 0 amide bonds. The summed E-state index contributed by atoms with van der Waals surface area (Å²) in [4.78, 5) is 2.62. The summed E-state index contributed by atoms with van der Waals surface area (Å²) in [5, 5.41) is 0. The summed E-state index contributed by atoms with van der Waals surface area (Å²) in [6, 6.07) is 10.8. The second kappa shape index (κ2) is 3.64. The number of fused-ring (bicyclic) bond motifs is 1. The average molecular weight is 201 g/mol. The molecule has 1 aromatic rings. The van der Waals surface area contributed by atoms with Gasteiger partial charge in [-0.3, -0.25) is 4.90 Å². The SMILES string of the molecule is CCC1[C@H]2CN(Cc3ccccc3)C[C@@H]12. The van der Waals surface area contributed by atoms with E-state index >= 15 is 0 Å². The van der Waals surface area contributed by atoms with Gasteiger partial charge in [0.25, 0.3) is 0 Å². The molecule has 0 radical (unpaired) electrons. The van der Waals surface area contributed by atoms with Crippen LogP contribution in [0.5, 0.6) is 0 Å². The number of benzene rings is 1. The van der Waals surface area contributed by atoms with E-state index in [0.717, 1.165) is 24.3 Å². The molecule has 2 fully saturated rings. The molecule has 1 saturated heterocycles. The monoisotopic (exact) mass is 201 g/mol. The molecule has 3 rings (SSSR count). The first-order chi connectivity index (χ1) is 7.38. The van der Waals surface area contributed by atoms with Crippen LogP contribution >= 0.6 is 0 Å². The third-order valence-electron chi connectivity index (χ3n) is 4.17. The Balaban J connectivity index is 1.56. The van der Waals surface area contributed by atoms with Gasteiger partial charge >= 0.3 is 0 Å². The van der Waals surface area contributed by atoms with E-state index < -0.39 is 0 Å². The molecule has 1 unspecified atom stereocenters. The van der Waals surface area contributed by atoms with Crippen molar-refractivity contribution in [2.75, 3.05) is 13.1 Å². The van der Waals surface area contributed by atoms with Crippen LogP contribution in [0.2, 0.25) is 0 Å². The van der Waals surface area contributed by atoms with E-state index in [0.29, 0.717) is 0 Å². The number of rotatable bonds is 3. The van der Waals surface area contributed by atoms with Gasteiger partial charge in [-0.1, -0.05) is 43.7 Å². The quantitative estimate of drug-likeness (QED) is 0.727. The van der Waals surface area contributed by atoms with Crippen molar-refractivity contribution < 1.29 is 0 Å². The molecule has 1 aliphatic heterocycles. The molecule has 1 aromatic carbocycles. The lowest BCUT2D eigenvalue weighted by Gasteiger charge is -2.18. The minimum Gasteiger partial charge on any atom is -0.298 e. The van der Waals surface area contributed by atoms with E-state index in [2.05, 4.69) is 42.2 Å². The van der Waals surface area contributed by atoms with Gasteiger partial charge in [-0.25, -0.2) is 0 Å². The summed E-state index contributed by atoms with van der Waals surface area (Å²) in [6.07, 6.45) is 1.40. The van der Waals surface area contributed by atoms with E-state index in [1.54, 1.807) is 0 Å². The van der Waals surface area contributed by atoms with Crippen LogP contribution in [0.3, 0.4) is 0 Å². The molecule has 3 atom stereocenters. The number of hydrogen-bond donors (Lipinski definition) is 0. The van der Waals surface area contributed by atoms with Crippen LogP contribution in [0.25, 0.3) is 0 Å². The minimum atomic E-state index is 1.04. The molecule has 1 saturated carbocycles. The fraction of sp³-hybridized carbons (Fsp3) is 0.571. The summed E-state index contributed by atoms with van der Waals surface area (Å²) in [6.45, 7) is 6.19. The molecule has 2 aliphatic rings. The summed E-state index contributed by atoms with van der Waals surface area (Å²) in [7, 11) is 0. The summed E-state index contributed by atoms with van der Waals surface area (Å²) >= 11 is 0. The Hall–Kier alpha value is -0.820. The maximum atomic E-state index is 2.62. The molecule has 0 N–H and O–H groups in total. The van der Waals surface area contributed by atoms with Gasteiger partial charge in [0.2, 0.25) is 0 Å². The Morgan fingerprint density at radius 2 is 1.80 bits per heavy atom. The molecule has 1 nitrogen and oxygen atoms in total. The van der Waals surface area contributed by atoms with Crippen molar-refractivity contribution in [2.45, 2.75) is 19.9 Å². The first-order valence-corrected chi connectivity index (χ1v) is 6.14. The van der Waals surface area contributed by atoms with Gasteiger partial charge in [0.15, 0.2) is 0 Å². The van der Waals surface area contributed by atoms with E-state index in [-0.39, 0.29) is 0 Å². The van der Waals surface area contributed by atoms with Crippen LogP contribution < -0.4 is 0 Å². The van der Waals surface area contributed by atoms with Gasteiger partial charge < -0.3 is 0 Å². The van der Waals surface area contributed by atoms with E-state index in [9.17, 15) is 0 Å². The second-order valence-corrected chi connectivity index (χ2v) is 5.08. The normalized spacial score (nSPS) is 34.1. The highest BCUT2D eigenvalue weighted by Gasteiger charge is 2.53. The zero-order valence-corrected chi connectivity index (χ0v) is 9.39. The predicted octanol–water partition coefficient (Wildman–Crippen LogP) is 2.77. The maximum Gasteiger partial charge on any atom is 0.0233 e. The maximum absolute atomic E-state index is 2.62. The van der Waals surface area contributed by atoms with E-state index in [1.807, 2.05) is 0 Å². The highest BCUT2D eigenvalue weighted by atomic mass is 15.2. The highest BCUT2D eigenvalue weighted by Crippen LogP contribution is 2.53. The molecular weight excluding hydrogens is 182 g/mol. The lowest BCUT2D eigenvalue weighted by molar-refractivity contribution is 0.276. The Bertz CT molecular complexity index is 320. The van der Waals surface area contributed by atoms with E-state index in [1.165, 1.54) is 25.1 Å². The first kappa shape index (κ1) is 9.41. The smallest absolute Gasteiger partial charge is 0.0233 e. The summed E-state index contributed by atoms with van der Waals surface area (Å²) in [5.41, 5.74) is 1.46. The molecule has 0 spiro atoms. The molecular formula is C14H19N. The van der Waals surface area contributed by atoms with Gasteiger partial charge in [0.05, 0.1) is 0 Å². The van der Waals surface area contributed by atoms with Gasteiger partial charge in [0, 0.05) is 19.6 Å². The van der Waals surface area contributed by atoms with Crippen LogP contribution in [0, 0.1) is 17.8 Å². The third-order valence-corrected chi connectivity index (χ3v) is 4.17. The zero-order valence-electron chi connectivity index (χ0n) is 9.39. The van der Waals surface area contributed by atoms with Crippen molar-refractivity contribution >= 4 is 0 Å². The summed E-state index contributed by atoms with van der Waals surface area (Å²) < 4.78 is 0. The number of nitrogens with zero attached hydrogens (tertiary/aromatic N) is 1. The number of likely N-dealkylation sites (tertiary alicyclic amines) is 1. The average Bonchev–Trinajstić information content (AvgIpc) is 2.75. The Morgan fingerprint density at radius 1 is 1.13 bits per heavy atom. The Labute approximate surface area is 92.1 Å². The molecule has 1 heterocycles. The third kappa shape index (κ3) is 1.69. The van der Waals surface area contributed by atoms with Crippen molar-refractivity contribution in [1.82, 2.24) is 4.90 Å². The molecule has 1 aliphatic carbocycles. The highest BCUT2D eigenvalue weighted by molar-refractivity contribution is 5.15. The lowest BCUT2D eigenvalue weighted by atomic mass is 10.2. The van der Waals surface area contributed by atoms with Gasteiger partial charge in [-0.2, -0.15) is 0 Å². The van der Waals surface area contributed by atoms with Gasteiger partial charge in [-0.05, 0) is 23.3 Å². The van der Waals surface area contributed by atoms with Gasteiger partial charge in [0.1, 0.15) is 0 Å².